The van der Waals surface area contributed by atoms with Crippen molar-refractivity contribution < 1.29 is 63.9 Å². The van der Waals surface area contributed by atoms with Gasteiger partial charge in [-0.05, 0) is 24.3 Å². The van der Waals surface area contributed by atoms with E-state index in [4.69, 9.17) is 28.4 Å². The Kier molecular flexibility index (Phi) is 6.59. The highest BCUT2D eigenvalue weighted by Gasteiger charge is 2.77. The maximum absolute atomic E-state index is 12.9. The molecule has 0 aromatic heterocycles. The third-order valence-electron chi connectivity index (χ3n) is 7.26. The van der Waals surface area contributed by atoms with Crippen molar-refractivity contribution in [2.24, 2.45) is 11.8 Å². The van der Waals surface area contributed by atoms with E-state index in [-0.39, 0.29) is 17.1 Å². The van der Waals surface area contributed by atoms with Crippen LogP contribution in [-0.4, -0.2) is 112 Å². The summed E-state index contributed by atoms with van der Waals surface area (Å²) in [6.07, 6.45) is -7.19. The minimum Gasteiger partial charge on any atom is -0.504 e. The largest absolute Gasteiger partial charge is 0.504 e. The normalized spacial score (nSPS) is 42.7. The number of carbonyl (C=O) groups is 1. The van der Waals surface area contributed by atoms with E-state index in [9.17, 15) is 35.4 Å². The van der Waals surface area contributed by atoms with Crippen LogP contribution in [0.15, 0.2) is 30.5 Å². The van der Waals surface area contributed by atoms with Gasteiger partial charge in [0.15, 0.2) is 17.8 Å². The van der Waals surface area contributed by atoms with Gasteiger partial charge >= 0.3 is 5.97 Å². The van der Waals surface area contributed by atoms with Crippen LogP contribution in [-0.2, 0) is 23.7 Å². The van der Waals surface area contributed by atoms with E-state index in [0.717, 1.165) is 0 Å². The van der Waals surface area contributed by atoms with Gasteiger partial charge in [-0.15, -0.1) is 0 Å². The third-order valence-corrected chi connectivity index (χ3v) is 7.26. The summed E-state index contributed by atoms with van der Waals surface area (Å²) in [5.74, 6) is -1.95. The summed E-state index contributed by atoms with van der Waals surface area (Å²) in [7, 11) is 1.35. The molecule has 6 N–H and O–H groups in total. The van der Waals surface area contributed by atoms with Crippen molar-refractivity contribution in [1.29, 1.82) is 0 Å². The molecule has 13 nitrogen and oxygen atoms in total. The lowest BCUT2D eigenvalue weighted by atomic mass is 9.85. The van der Waals surface area contributed by atoms with Crippen LogP contribution in [0.25, 0.3) is 0 Å². The van der Waals surface area contributed by atoms with Crippen LogP contribution in [0.3, 0.4) is 0 Å². The molecular formula is C23H28O13. The van der Waals surface area contributed by atoms with Gasteiger partial charge in [-0.25, -0.2) is 4.79 Å². The average molecular weight is 512 g/mol. The second kappa shape index (κ2) is 9.43. The predicted octanol–water partition coefficient (Wildman–Crippen LogP) is -2.01. The number of esters is 1. The first kappa shape index (κ1) is 25.2. The Labute approximate surface area is 205 Å². The number of phenolic OH excluding ortho intramolecular Hbond substituents is 1. The summed E-state index contributed by atoms with van der Waals surface area (Å²) in [6, 6.07) is 4.02. The fourth-order valence-corrected chi connectivity index (χ4v) is 5.28. The summed E-state index contributed by atoms with van der Waals surface area (Å²) >= 11 is 0. The summed E-state index contributed by atoms with van der Waals surface area (Å²) in [5, 5.41) is 59.8. The molecule has 1 saturated carbocycles. The standard InChI is InChI=1S/C23H28O13/c1-31-12-6-9(2-3-11(12)26)20(30)34-18-10-4-5-32-21(14(10)23(8-25)19(18)36-23)35-22-17(29)16(28)15(27)13(7-24)33-22/h2-6,10,13-19,21-22,24-29H,7-8H2,1H3/t10-,13+,14-,15-,16-,17-,18+,19-,21-,22-,23-/m1/s1. The first-order valence-corrected chi connectivity index (χ1v) is 11.4. The van der Waals surface area contributed by atoms with Crippen molar-refractivity contribution in [2.75, 3.05) is 20.3 Å². The molecule has 3 fully saturated rings. The molecule has 2 saturated heterocycles. The van der Waals surface area contributed by atoms with Crippen LogP contribution in [0.5, 0.6) is 11.5 Å². The molecule has 36 heavy (non-hydrogen) atoms. The van der Waals surface area contributed by atoms with Gasteiger partial charge < -0.3 is 59.1 Å². The highest BCUT2D eigenvalue weighted by molar-refractivity contribution is 5.90. The Morgan fingerprint density at radius 2 is 1.89 bits per heavy atom. The van der Waals surface area contributed by atoms with Crippen molar-refractivity contribution in [3.63, 3.8) is 0 Å². The van der Waals surface area contributed by atoms with Crippen LogP contribution in [0.2, 0.25) is 0 Å². The molecule has 0 amide bonds. The van der Waals surface area contributed by atoms with Crippen molar-refractivity contribution in [3.8, 4) is 11.5 Å². The van der Waals surface area contributed by atoms with Crippen molar-refractivity contribution in [3.05, 3.63) is 36.1 Å². The fraction of sp³-hybridized carbons (Fsp3) is 0.609. The molecule has 0 radical (unpaired) electrons. The quantitative estimate of drug-likeness (QED) is 0.173. The van der Waals surface area contributed by atoms with Gasteiger partial charge in [-0.3, -0.25) is 0 Å². The molecule has 1 aromatic carbocycles. The number of epoxide rings is 1. The van der Waals surface area contributed by atoms with Crippen LogP contribution in [0.4, 0.5) is 0 Å². The summed E-state index contributed by atoms with van der Waals surface area (Å²) in [6.45, 7) is -1.07. The Balaban J connectivity index is 1.35. The van der Waals surface area contributed by atoms with Gasteiger partial charge in [-0.1, -0.05) is 0 Å². The highest BCUT2D eigenvalue weighted by atomic mass is 16.8. The Morgan fingerprint density at radius 3 is 2.58 bits per heavy atom. The zero-order chi connectivity index (χ0) is 25.8. The number of benzene rings is 1. The smallest absolute Gasteiger partial charge is 0.338 e. The molecule has 0 unspecified atom stereocenters. The van der Waals surface area contributed by atoms with Crippen LogP contribution in [0, 0.1) is 11.8 Å². The minimum absolute atomic E-state index is 0.0973. The zero-order valence-electron chi connectivity index (χ0n) is 19.1. The molecule has 3 heterocycles. The lowest BCUT2D eigenvalue weighted by Gasteiger charge is -2.43. The number of phenols is 1. The second-order valence-corrected chi connectivity index (χ2v) is 9.18. The first-order chi connectivity index (χ1) is 17.2. The van der Waals surface area contributed by atoms with Gasteiger partial charge in [-0.2, -0.15) is 0 Å². The van der Waals surface area contributed by atoms with Crippen molar-refractivity contribution in [2.45, 2.75) is 54.8 Å². The van der Waals surface area contributed by atoms with Crippen LogP contribution >= 0.6 is 0 Å². The lowest BCUT2D eigenvalue weighted by Crippen LogP contribution is -2.60. The molecule has 4 aliphatic rings. The minimum atomic E-state index is -1.66. The highest BCUT2D eigenvalue weighted by Crippen LogP contribution is 2.60. The molecule has 1 aliphatic carbocycles. The molecule has 0 bridgehead atoms. The molecule has 13 heteroatoms. The molecule has 11 atom stereocenters. The van der Waals surface area contributed by atoms with Gasteiger partial charge in [0.1, 0.15) is 42.2 Å². The van der Waals surface area contributed by atoms with E-state index in [1.807, 2.05) is 0 Å². The Bertz CT molecular complexity index is 1010. The van der Waals surface area contributed by atoms with Crippen molar-refractivity contribution >= 4 is 5.97 Å². The molecule has 0 spiro atoms. The number of ether oxygens (including phenoxy) is 6. The van der Waals surface area contributed by atoms with Crippen molar-refractivity contribution in [1.82, 2.24) is 0 Å². The van der Waals surface area contributed by atoms with E-state index in [1.165, 1.54) is 31.6 Å². The number of rotatable bonds is 7. The number of aliphatic hydroxyl groups excluding tert-OH is 5. The average Bonchev–Trinajstić information content (AvgIpc) is 3.56. The molecular weight excluding hydrogens is 484 g/mol. The zero-order valence-corrected chi connectivity index (χ0v) is 19.1. The second-order valence-electron chi connectivity index (χ2n) is 9.18. The fourth-order valence-electron chi connectivity index (χ4n) is 5.28. The number of aliphatic hydroxyl groups is 5. The topological polar surface area (TPSA) is 197 Å². The Hall–Kier alpha value is -2.49. The lowest BCUT2D eigenvalue weighted by molar-refractivity contribution is -0.344. The Morgan fingerprint density at radius 1 is 1.11 bits per heavy atom. The van der Waals surface area contributed by atoms with E-state index >= 15 is 0 Å². The van der Waals surface area contributed by atoms with E-state index < -0.39 is 85.8 Å². The maximum Gasteiger partial charge on any atom is 0.338 e. The van der Waals surface area contributed by atoms with Gasteiger partial charge in [0.2, 0.25) is 6.29 Å². The first-order valence-electron chi connectivity index (χ1n) is 11.4. The summed E-state index contributed by atoms with van der Waals surface area (Å²) in [5.41, 5.74) is -1.03. The SMILES string of the molecule is COc1cc(C(=O)O[C@H]2[C@@H]3C=CO[C@H](O[C@H]4O[C@@H](CO)[C@@H](O)[C@@H](O)[C@H]4O)[C@@H]3[C@@]3(CO)O[C@H]23)ccc1O. The number of hydrogen-bond acceptors (Lipinski definition) is 13. The monoisotopic (exact) mass is 512 g/mol. The number of carbonyl (C=O) groups excluding carboxylic acids is 1. The van der Waals surface area contributed by atoms with E-state index in [2.05, 4.69) is 0 Å². The summed E-state index contributed by atoms with van der Waals surface area (Å²) < 4.78 is 33.4. The molecule has 3 aliphatic heterocycles. The number of hydrogen-bond donors (Lipinski definition) is 6. The maximum atomic E-state index is 12.9. The van der Waals surface area contributed by atoms with Gasteiger partial charge in [0, 0.05) is 5.92 Å². The number of fused-ring (bicyclic) bond motifs is 3. The summed E-state index contributed by atoms with van der Waals surface area (Å²) in [4.78, 5) is 12.9. The molecule has 198 valence electrons. The number of aromatic hydroxyl groups is 1. The van der Waals surface area contributed by atoms with E-state index in [0.29, 0.717) is 0 Å². The molecule has 1 aromatic rings. The van der Waals surface area contributed by atoms with Gasteiger partial charge in [0.25, 0.3) is 0 Å². The van der Waals surface area contributed by atoms with E-state index in [1.54, 1.807) is 6.08 Å². The van der Waals surface area contributed by atoms with Crippen LogP contribution in [0.1, 0.15) is 10.4 Å². The third kappa shape index (κ3) is 3.92. The predicted molar refractivity (Wildman–Crippen MR) is 114 cm³/mol. The molecule has 5 rings (SSSR count). The van der Waals surface area contributed by atoms with Crippen LogP contribution < -0.4 is 4.74 Å². The number of methoxy groups -OCH3 is 1. The van der Waals surface area contributed by atoms with Gasteiger partial charge in [0.05, 0.1) is 38.1 Å².